The fourth-order valence-corrected chi connectivity index (χ4v) is 2.67. The van der Waals surface area contributed by atoms with Gasteiger partial charge in [0.2, 0.25) is 5.88 Å². The van der Waals surface area contributed by atoms with Crippen LogP contribution >= 0.6 is 0 Å². The second kappa shape index (κ2) is 5.58. The van der Waals surface area contributed by atoms with Gasteiger partial charge in [-0.3, -0.25) is 0 Å². The minimum Gasteiger partial charge on any atom is -0.493 e. The first-order valence-corrected chi connectivity index (χ1v) is 7.83. The molecular formula is C20H22N2O. The van der Waals surface area contributed by atoms with Gasteiger partial charge in [0.1, 0.15) is 0 Å². The first kappa shape index (κ1) is 15.3. The highest BCUT2D eigenvalue weighted by Gasteiger charge is 2.28. The molecule has 0 aliphatic rings. The molecule has 0 atom stereocenters. The summed E-state index contributed by atoms with van der Waals surface area (Å²) in [6.07, 6.45) is 0. The molecule has 2 aromatic carbocycles. The maximum Gasteiger partial charge on any atom is 0.222 e. The summed E-state index contributed by atoms with van der Waals surface area (Å²) in [7, 11) is 0. The molecule has 0 radical (unpaired) electrons. The average molecular weight is 306 g/mol. The van der Waals surface area contributed by atoms with Crippen molar-refractivity contribution >= 4 is 0 Å². The van der Waals surface area contributed by atoms with Gasteiger partial charge in [-0.15, -0.1) is 0 Å². The molecule has 0 fully saturated rings. The van der Waals surface area contributed by atoms with E-state index in [4.69, 9.17) is 5.10 Å². The van der Waals surface area contributed by atoms with Crippen molar-refractivity contribution in [1.29, 1.82) is 0 Å². The van der Waals surface area contributed by atoms with Gasteiger partial charge in [0, 0.05) is 5.41 Å². The zero-order valence-corrected chi connectivity index (χ0v) is 14.0. The van der Waals surface area contributed by atoms with Crippen molar-refractivity contribution in [2.24, 2.45) is 0 Å². The van der Waals surface area contributed by atoms with Crippen LogP contribution in [0.2, 0.25) is 0 Å². The van der Waals surface area contributed by atoms with Crippen LogP contribution < -0.4 is 0 Å². The zero-order chi connectivity index (χ0) is 16.6. The number of aromatic nitrogens is 2. The molecule has 1 aromatic heterocycles. The Morgan fingerprint density at radius 2 is 1.52 bits per heavy atom. The van der Waals surface area contributed by atoms with Gasteiger partial charge in [-0.2, -0.15) is 5.10 Å². The van der Waals surface area contributed by atoms with Gasteiger partial charge in [-0.25, -0.2) is 4.68 Å². The summed E-state index contributed by atoms with van der Waals surface area (Å²) in [5, 5.41) is 15.6. The molecule has 0 saturated carbocycles. The molecule has 118 valence electrons. The van der Waals surface area contributed by atoms with Crippen molar-refractivity contribution in [1.82, 2.24) is 9.78 Å². The highest BCUT2D eigenvalue weighted by atomic mass is 16.3. The molecule has 3 rings (SSSR count). The van der Waals surface area contributed by atoms with Gasteiger partial charge in [-0.05, 0) is 24.6 Å². The van der Waals surface area contributed by atoms with Gasteiger partial charge >= 0.3 is 0 Å². The van der Waals surface area contributed by atoms with E-state index in [0.717, 1.165) is 22.5 Å². The molecule has 1 heterocycles. The molecule has 0 saturated heterocycles. The molecule has 1 N–H and O–H groups in total. The smallest absolute Gasteiger partial charge is 0.222 e. The number of nitrogens with zero attached hydrogens (tertiary/aromatic N) is 2. The summed E-state index contributed by atoms with van der Waals surface area (Å²) >= 11 is 0. The summed E-state index contributed by atoms with van der Waals surface area (Å²) < 4.78 is 1.63. The number of aryl methyl sites for hydroxylation is 1. The Morgan fingerprint density at radius 1 is 0.913 bits per heavy atom. The second-order valence-corrected chi connectivity index (χ2v) is 6.91. The highest BCUT2D eigenvalue weighted by Crippen LogP contribution is 2.39. The van der Waals surface area contributed by atoms with E-state index in [1.165, 1.54) is 5.56 Å². The minimum absolute atomic E-state index is 0.168. The normalized spacial score (nSPS) is 11.7. The standard InChI is InChI=1S/C20H22N2O/c1-14-10-12-16(13-11-14)22-19(23)17(15-8-6-5-7-9-15)18(21-22)20(2,3)4/h5-13,23H,1-4H3. The van der Waals surface area contributed by atoms with Crippen LogP contribution in [0.3, 0.4) is 0 Å². The van der Waals surface area contributed by atoms with Crippen LogP contribution in [-0.4, -0.2) is 14.9 Å². The van der Waals surface area contributed by atoms with Gasteiger partial charge in [0.05, 0.1) is 16.9 Å². The number of benzene rings is 2. The van der Waals surface area contributed by atoms with E-state index in [9.17, 15) is 5.11 Å². The lowest BCUT2D eigenvalue weighted by atomic mass is 9.87. The number of rotatable bonds is 2. The van der Waals surface area contributed by atoms with Gasteiger partial charge in [0.25, 0.3) is 0 Å². The monoisotopic (exact) mass is 306 g/mol. The molecule has 23 heavy (non-hydrogen) atoms. The van der Waals surface area contributed by atoms with Crippen molar-refractivity contribution in [2.45, 2.75) is 33.1 Å². The first-order chi connectivity index (χ1) is 10.9. The van der Waals surface area contributed by atoms with Crippen LogP contribution in [0.25, 0.3) is 16.8 Å². The zero-order valence-electron chi connectivity index (χ0n) is 14.0. The van der Waals surface area contributed by atoms with Crippen LogP contribution in [0, 0.1) is 6.92 Å². The Labute approximate surface area is 137 Å². The van der Waals surface area contributed by atoms with Crippen molar-refractivity contribution < 1.29 is 5.11 Å². The van der Waals surface area contributed by atoms with E-state index in [2.05, 4.69) is 20.8 Å². The molecule has 0 bridgehead atoms. The lowest BCUT2D eigenvalue weighted by Crippen LogP contribution is -2.14. The lowest BCUT2D eigenvalue weighted by molar-refractivity contribution is 0.435. The van der Waals surface area contributed by atoms with E-state index < -0.39 is 0 Å². The summed E-state index contributed by atoms with van der Waals surface area (Å²) in [5.41, 5.74) is 4.55. The summed E-state index contributed by atoms with van der Waals surface area (Å²) in [5.74, 6) is 0.185. The Morgan fingerprint density at radius 3 is 2.09 bits per heavy atom. The van der Waals surface area contributed by atoms with Crippen molar-refractivity contribution in [2.75, 3.05) is 0 Å². The summed E-state index contributed by atoms with van der Waals surface area (Å²) in [6, 6.07) is 17.9. The predicted molar refractivity (Wildman–Crippen MR) is 94.1 cm³/mol. The van der Waals surface area contributed by atoms with E-state index in [-0.39, 0.29) is 11.3 Å². The second-order valence-electron chi connectivity index (χ2n) is 6.91. The Balaban J connectivity index is 2.25. The first-order valence-electron chi connectivity index (χ1n) is 7.83. The number of hydrogen-bond donors (Lipinski definition) is 1. The fraction of sp³-hybridized carbons (Fsp3) is 0.250. The van der Waals surface area contributed by atoms with E-state index in [1.54, 1.807) is 4.68 Å². The van der Waals surface area contributed by atoms with Gasteiger partial charge < -0.3 is 5.11 Å². The van der Waals surface area contributed by atoms with Crippen molar-refractivity contribution in [3.63, 3.8) is 0 Å². The number of hydrogen-bond acceptors (Lipinski definition) is 2. The van der Waals surface area contributed by atoms with Crippen LogP contribution in [0.5, 0.6) is 5.88 Å². The maximum atomic E-state index is 10.8. The summed E-state index contributed by atoms with van der Waals surface area (Å²) in [4.78, 5) is 0. The predicted octanol–water partition coefficient (Wildman–Crippen LogP) is 4.85. The van der Waals surface area contributed by atoms with E-state index in [0.29, 0.717) is 0 Å². The Kier molecular flexibility index (Phi) is 3.72. The van der Waals surface area contributed by atoms with E-state index >= 15 is 0 Å². The van der Waals surface area contributed by atoms with Crippen molar-refractivity contribution in [3.05, 3.63) is 65.9 Å². The van der Waals surface area contributed by atoms with Crippen molar-refractivity contribution in [3.8, 4) is 22.7 Å². The average Bonchev–Trinajstić information content (AvgIpc) is 2.87. The molecule has 0 aliphatic heterocycles. The molecule has 0 aliphatic carbocycles. The molecular weight excluding hydrogens is 284 g/mol. The molecule has 0 amide bonds. The minimum atomic E-state index is -0.168. The summed E-state index contributed by atoms with van der Waals surface area (Å²) in [6.45, 7) is 8.38. The third kappa shape index (κ3) is 2.87. The van der Waals surface area contributed by atoms with Gasteiger partial charge in [-0.1, -0.05) is 68.8 Å². The third-order valence-electron chi connectivity index (χ3n) is 3.91. The molecule has 0 spiro atoms. The largest absolute Gasteiger partial charge is 0.493 e. The topological polar surface area (TPSA) is 38.0 Å². The van der Waals surface area contributed by atoms with Gasteiger partial charge in [0.15, 0.2) is 0 Å². The maximum absolute atomic E-state index is 10.8. The highest BCUT2D eigenvalue weighted by molar-refractivity contribution is 5.73. The molecule has 3 nitrogen and oxygen atoms in total. The quantitative estimate of drug-likeness (QED) is 0.735. The molecule has 0 unspecified atom stereocenters. The van der Waals surface area contributed by atoms with Crippen LogP contribution in [0.4, 0.5) is 0 Å². The SMILES string of the molecule is Cc1ccc(-n2nc(C(C)(C)C)c(-c3ccccc3)c2O)cc1. The fourth-order valence-electron chi connectivity index (χ4n) is 2.67. The lowest BCUT2D eigenvalue weighted by Gasteiger charge is -2.17. The molecule has 3 aromatic rings. The van der Waals surface area contributed by atoms with E-state index in [1.807, 2.05) is 61.5 Å². The number of aromatic hydroxyl groups is 1. The van der Waals surface area contributed by atoms with Crippen LogP contribution in [0.1, 0.15) is 32.0 Å². The Hall–Kier alpha value is -2.55. The Bertz CT molecular complexity index is 809. The third-order valence-corrected chi connectivity index (χ3v) is 3.91. The molecule has 3 heteroatoms. The van der Waals surface area contributed by atoms with Crippen LogP contribution in [0.15, 0.2) is 54.6 Å². The van der Waals surface area contributed by atoms with Crippen LogP contribution in [-0.2, 0) is 5.41 Å².